The zero-order chi connectivity index (χ0) is 20.0. The zero-order valence-corrected chi connectivity index (χ0v) is 21.7. The molecular formula is C24H50OSi2. The number of hydrogen-bond acceptors (Lipinski definition) is 1. The molecular weight excluding hydrogens is 360 g/mol. The molecule has 0 aromatic heterocycles. The molecule has 0 aromatic carbocycles. The summed E-state index contributed by atoms with van der Waals surface area (Å²) in [7, 11) is -2.83. The van der Waals surface area contributed by atoms with Gasteiger partial charge in [0.05, 0.1) is 26.6 Å². The third kappa shape index (κ3) is 4.03. The van der Waals surface area contributed by atoms with E-state index in [0.29, 0.717) is 10.4 Å². The van der Waals surface area contributed by atoms with E-state index in [1.165, 1.54) is 100 Å². The highest BCUT2D eigenvalue weighted by Gasteiger charge is 2.59. The molecule has 0 aliphatic heterocycles. The monoisotopic (exact) mass is 410 g/mol. The smallest absolute Gasteiger partial charge is 0.0907 e. The van der Waals surface area contributed by atoms with Crippen molar-refractivity contribution in [3.63, 3.8) is 0 Å². The van der Waals surface area contributed by atoms with Crippen molar-refractivity contribution in [2.45, 2.75) is 152 Å². The van der Waals surface area contributed by atoms with E-state index in [1.807, 2.05) is 0 Å². The summed E-state index contributed by atoms with van der Waals surface area (Å²) in [5.74, 6) is 0. The van der Waals surface area contributed by atoms with Crippen LogP contribution in [0.25, 0.3) is 0 Å². The van der Waals surface area contributed by atoms with Gasteiger partial charge in [-0.05, 0) is 25.7 Å². The summed E-state index contributed by atoms with van der Waals surface area (Å²) >= 11 is 0. The van der Waals surface area contributed by atoms with Crippen LogP contribution in [0, 0.1) is 0 Å². The first-order valence-electron chi connectivity index (χ1n) is 12.7. The molecule has 0 amide bonds. The Morgan fingerprint density at radius 3 is 0.963 bits per heavy atom. The van der Waals surface area contributed by atoms with E-state index in [0.717, 1.165) is 0 Å². The highest BCUT2D eigenvalue weighted by atomic mass is 28.3. The topological polar surface area (TPSA) is 9.23 Å². The molecule has 160 valence electrons. The summed E-state index contributed by atoms with van der Waals surface area (Å²) in [4.78, 5) is 0. The average Bonchev–Trinajstić information content (AvgIpc) is 2.73. The Bertz CT molecular complexity index is 371. The fraction of sp³-hybridized carbons (Fsp3) is 1.00. The molecule has 27 heavy (non-hydrogen) atoms. The van der Waals surface area contributed by atoms with E-state index in [4.69, 9.17) is 4.74 Å². The van der Waals surface area contributed by atoms with Crippen molar-refractivity contribution in [2.75, 3.05) is 0 Å². The fourth-order valence-corrected chi connectivity index (χ4v) is 18.2. The summed E-state index contributed by atoms with van der Waals surface area (Å²) in [6, 6.07) is 8.55. The van der Waals surface area contributed by atoms with Gasteiger partial charge < -0.3 is 4.74 Å². The third-order valence-corrected chi connectivity index (χ3v) is 22.9. The van der Waals surface area contributed by atoms with Crippen LogP contribution >= 0.6 is 0 Å². The highest BCUT2D eigenvalue weighted by molar-refractivity contribution is 6.84. The molecule has 0 heterocycles. The normalized spacial score (nSPS) is 23.3. The van der Waals surface area contributed by atoms with E-state index in [9.17, 15) is 0 Å². The van der Waals surface area contributed by atoms with Crippen molar-refractivity contribution in [2.24, 2.45) is 0 Å². The molecule has 1 nitrogen and oxygen atoms in total. The molecule has 2 aliphatic rings. The Balaban J connectivity index is 2.54. The van der Waals surface area contributed by atoms with Crippen LogP contribution in [0.4, 0.5) is 0 Å². The predicted molar refractivity (Wildman–Crippen MR) is 127 cm³/mol. The Labute approximate surface area is 173 Å². The van der Waals surface area contributed by atoms with Crippen LogP contribution in [-0.4, -0.2) is 26.6 Å². The average molecular weight is 411 g/mol. The molecule has 0 radical (unpaired) electrons. The van der Waals surface area contributed by atoms with E-state index in [2.05, 4.69) is 41.5 Å². The van der Waals surface area contributed by atoms with Crippen molar-refractivity contribution < 1.29 is 4.74 Å². The van der Waals surface area contributed by atoms with Gasteiger partial charge in [-0.1, -0.05) is 116 Å². The van der Waals surface area contributed by atoms with Gasteiger partial charge in [0.25, 0.3) is 0 Å². The first kappa shape index (κ1) is 23.7. The number of ether oxygens (including phenoxy) is 1. The van der Waals surface area contributed by atoms with Gasteiger partial charge in [-0.25, -0.2) is 0 Å². The first-order valence-corrected chi connectivity index (χ1v) is 17.9. The lowest BCUT2D eigenvalue weighted by molar-refractivity contribution is -0.113. The minimum absolute atomic E-state index is 0.290. The second-order valence-electron chi connectivity index (χ2n) is 9.89. The molecule has 0 bridgehead atoms. The van der Waals surface area contributed by atoms with Crippen LogP contribution in [0.5, 0.6) is 0 Å². The molecule has 0 N–H and O–H groups in total. The summed E-state index contributed by atoms with van der Waals surface area (Å²) in [6.07, 6.45) is 14.1. The maximum Gasteiger partial charge on any atom is 0.0907 e. The SMILES string of the molecule is CC[Si](CC)(CC)C1(OC2([Si](CC)(CC)CC)CCCCC2)CCCCC1. The van der Waals surface area contributed by atoms with E-state index in [-0.39, 0.29) is 0 Å². The van der Waals surface area contributed by atoms with Crippen LogP contribution in [0.3, 0.4) is 0 Å². The molecule has 3 heteroatoms. The summed E-state index contributed by atoms with van der Waals surface area (Å²) in [6.45, 7) is 15.1. The third-order valence-electron chi connectivity index (χ3n) is 9.71. The standard InChI is InChI=1S/C24H50OSi2/c1-7-26(8-2,9-3)23(19-15-13-16-20-23)25-24(21-17-14-18-22-24)27(10-4,11-5)12-6/h7-22H2,1-6H3. The van der Waals surface area contributed by atoms with Crippen LogP contribution in [0.2, 0.25) is 36.3 Å². The van der Waals surface area contributed by atoms with Crippen LogP contribution in [-0.2, 0) is 4.74 Å². The maximum absolute atomic E-state index is 7.91. The highest BCUT2D eigenvalue weighted by Crippen LogP contribution is 2.53. The quantitative estimate of drug-likeness (QED) is 0.328. The molecule has 0 spiro atoms. The van der Waals surface area contributed by atoms with Gasteiger partial charge in [0.15, 0.2) is 0 Å². The van der Waals surface area contributed by atoms with Crippen molar-refractivity contribution >= 4 is 16.1 Å². The van der Waals surface area contributed by atoms with E-state index < -0.39 is 16.1 Å². The Hall–Kier alpha value is 0.394. The van der Waals surface area contributed by atoms with Crippen molar-refractivity contribution in [3.8, 4) is 0 Å². The van der Waals surface area contributed by atoms with Crippen LogP contribution in [0.15, 0.2) is 0 Å². The van der Waals surface area contributed by atoms with Crippen molar-refractivity contribution in [3.05, 3.63) is 0 Å². The molecule has 2 fully saturated rings. The summed E-state index contributed by atoms with van der Waals surface area (Å²) in [5.41, 5.74) is 0. The van der Waals surface area contributed by atoms with Crippen LogP contribution in [0.1, 0.15) is 106 Å². The maximum atomic E-state index is 7.91. The minimum atomic E-state index is -1.41. The van der Waals surface area contributed by atoms with E-state index in [1.54, 1.807) is 0 Å². The van der Waals surface area contributed by atoms with E-state index >= 15 is 0 Å². The Morgan fingerprint density at radius 2 is 0.741 bits per heavy atom. The van der Waals surface area contributed by atoms with Gasteiger partial charge >= 0.3 is 0 Å². The van der Waals surface area contributed by atoms with Gasteiger partial charge in [-0.15, -0.1) is 0 Å². The largest absolute Gasteiger partial charge is 0.375 e. The van der Waals surface area contributed by atoms with Gasteiger partial charge in [0.1, 0.15) is 0 Å². The van der Waals surface area contributed by atoms with Crippen molar-refractivity contribution in [1.82, 2.24) is 0 Å². The molecule has 0 unspecified atom stereocenters. The lowest BCUT2D eigenvalue weighted by Crippen LogP contribution is -2.69. The number of hydrogen-bond donors (Lipinski definition) is 0. The molecule has 0 saturated heterocycles. The molecule has 2 rings (SSSR count). The second kappa shape index (κ2) is 9.93. The minimum Gasteiger partial charge on any atom is -0.375 e. The zero-order valence-electron chi connectivity index (χ0n) is 19.7. The lowest BCUT2D eigenvalue weighted by atomic mass is 9.93. The van der Waals surface area contributed by atoms with Crippen LogP contribution < -0.4 is 0 Å². The lowest BCUT2D eigenvalue weighted by Gasteiger charge is -2.60. The molecule has 0 aromatic rings. The Morgan fingerprint density at radius 1 is 0.481 bits per heavy atom. The second-order valence-corrected chi connectivity index (χ2v) is 21.1. The predicted octanol–water partition coefficient (Wildman–Crippen LogP) is 8.50. The summed E-state index contributed by atoms with van der Waals surface area (Å²) in [5, 5.41) is 0.581. The molecule has 2 saturated carbocycles. The fourth-order valence-electron chi connectivity index (χ4n) is 7.53. The van der Waals surface area contributed by atoms with Gasteiger partial charge in [0.2, 0.25) is 0 Å². The van der Waals surface area contributed by atoms with Gasteiger partial charge in [-0.2, -0.15) is 0 Å². The number of rotatable bonds is 10. The van der Waals surface area contributed by atoms with Gasteiger partial charge in [-0.3, -0.25) is 0 Å². The molecule has 2 aliphatic carbocycles. The van der Waals surface area contributed by atoms with Gasteiger partial charge in [0, 0.05) is 0 Å². The molecule has 0 atom stereocenters. The Kier molecular flexibility index (Phi) is 8.71. The first-order chi connectivity index (χ1) is 13.0. The summed E-state index contributed by atoms with van der Waals surface area (Å²) < 4.78 is 7.91. The van der Waals surface area contributed by atoms with Crippen molar-refractivity contribution in [1.29, 1.82) is 0 Å².